The number of hydrogen-bond donors (Lipinski definition) is 4. The lowest BCUT2D eigenvalue weighted by Crippen LogP contribution is -2.19. The largest absolute Gasteiger partial charge is 0.489 e. The molecule has 0 aliphatic heterocycles. The molecular formula is C45H37Cl3F2N8O2. The third kappa shape index (κ3) is 7.09. The highest BCUT2D eigenvalue weighted by molar-refractivity contribution is 6.33. The zero-order valence-corrected chi connectivity index (χ0v) is 34.6. The summed E-state index contributed by atoms with van der Waals surface area (Å²) in [6, 6.07) is 25.2. The normalized spacial score (nSPS) is 11.8. The van der Waals surface area contributed by atoms with E-state index in [1.54, 1.807) is 23.1 Å². The Balaban J connectivity index is 0.000000152. The standard InChI is InChI=1S/C23H17Cl2N5O.C22H19F2N3O.ClH/c24-13-2-4-19-15(8-13)17-10-18-16-9-14(25)3-5-20(16)29-22(18)23(21(17)28-19)31-7-1-6-30-12-26-11-27-30;1-27(2)7-8-28-22-20-16(14-9-12(23)3-5-18(14)25-20)11-17-15-10-13(24)4-6-19(15)26-21(17)22;/h2-5,8-12,28-29H,1,6-7H2;3-6,9-11,25-26H,7-8H2,1-2H3;1H. The van der Waals surface area contributed by atoms with Crippen LogP contribution in [0, 0.1) is 11.6 Å². The van der Waals surface area contributed by atoms with Crippen molar-refractivity contribution >= 4 is 123 Å². The van der Waals surface area contributed by atoms with E-state index in [0.717, 1.165) is 112 Å². The molecule has 0 radical (unpaired) electrons. The number of ether oxygens (including phenoxy) is 2. The van der Waals surface area contributed by atoms with Crippen molar-refractivity contribution in [1.29, 1.82) is 0 Å². The highest BCUT2D eigenvalue weighted by atomic mass is 35.5. The van der Waals surface area contributed by atoms with Crippen LogP contribution in [-0.2, 0) is 6.54 Å². The third-order valence-corrected chi connectivity index (χ3v) is 11.2. The fourth-order valence-electron chi connectivity index (χ4n) is 7.96. The second-order valence-corrected chi connectivity index (χ2v) is 15.7. The number of H-pyrrole nitrogens is 4. The highest BCUT2D eigenvalue weighted by Crippen LogP contribution is 2.43. The van der Waals surface area contributed by atoms with Gasteiger partial charge in [-0.15, -0.1) is 12.4 Å². The number of halogens is 5. The van der Waals surface area contributed by atoms with Crippen LogP contribution in [-0.4, -0.2) is 73.5 Å². The summed E-state index contributed by atoms with van der Waals surface area (Å²) in [5, 5.41) is 13.1. The van der Waals surface area contributed by atoms with Crippen LogP contribution in [0.4, 0.5) is 8.78 Å². The predicted octanol–water partition coefficient (Wildman–Crippen LogP) is 11.9. The van der Waals surface area contributed by atoms with E-state index in [1.807, 2.05) is 61.5 Å². The zero-order chi connectivity index (χ0) is 40.4. The molecule has 0 bridgehead atoms. The summed E-state index contributed by atoms with van der Waals surface area (Å²) in [7, 11) is 3.97. The Labute approximate surface area is 356 Å². The lowest BCUT2D eigenvalue weighted by Gasteiger charge is -2.12. The van der Waals surface area contributed by atoms with Gasteiger partial charge in [0.1, 0.15) is 30.9 Å². The van der Waals surface area contributed by atoms with Gasteiger partial charge < -0.3 is 34.3 Å². The third-order valence-electron chi connectivity index (χ3n) is 10.7. The Kier molecular flexibility index (Phi) is 10.4. The monoisotopic (exact) mass is 864 g/mol. The lowest BCUT2D eigenvalue weighted by atomic mass is 10.1. The molecule has 0 atom stereocenters. The van der Waals surface area contributed by atoms with Gasteiger partial charge in [-0.05, 0) is 99.0 Å². The molecule has 0 amide bonds. The maximum Gasteiger partial charge on any atom is 0.167 e. The Morgan fingerprint density at radius 1 is 0.583 bits per heavy atom. The summed E-state index contributed by atoms with van der Waals surface area (Å²) in [6.07, 6.45) is 4.05. The molecule has 0 fully saturated rings. The first-order valence-electron chi connectivity index (χ1n) is 19.1. The van der Waals surface area contributed by atoms with Gasteiger partial charge in [0.25, 0.3) is 0 Å². The minimum Gasteiger partial charge on any atom is -0.489 e. The van der Waals surface area contributed by atoms with Gasteiger partial charge >= 0.3 is 0 Å². The molecule has 0 saturated heterocycles. The van der Waals surface area contributed by atoms with Crippen LogP contribution in [0.1, 0.15) is 6.42 Å². The van der Waals surface area contributed by atoms with Gasteiger partial charge in [0.05, 0.1) is 28.7 Å². The molecule has 0 aliphatic carbocycles. The molecule has 11 rings (SSSR count). The molecule has 304 valence electrons. The molecule has 5 heterocycles. The van der Waals surface area contributed by atoms with Crippen LogP contribution in [0.15, 0.2) is 97.6 Å². The lowest BCUT2D eigenvalue weighted by molar-refractivity contribution is 0.265. The molecule has 15 heteroatoms. The second-order valence-electron chi connectivity index (χ2n) is 14.9. The first-order valence-corrected chi connectivity index (χ1v) is 19.9. The number of fused-ring (bicyclic) bond motifs is 12. The van der Waals surface area contributed by atoms with E-state index in [1.165, 1.54) is 30.6 Å². The molecule has 11 aromatic rings. The smallest absolute Gasteiger partial charge is 0.167 e. The van der Waals surface area contributed by atoms with Crippen LogP contribution in [0.25, 0.3) is 87.2 Å². The average molecular weight is 866 g/mol. The van der Waals surface area contributed by atoms with Crippen molar-refractivity contribution in [3.05, 3.63) is 119 Å². The summed E-state index contributed by atoms with van der Waals surface area (Å²) in [4.78, 5) is 19.8. The Morgan fingerprint density at radius 3 is 1.45 bits per heavy atom. The Bertz CT molecular complexity index is 3180. The second kappa shape index (κ2) is 15.9. The Hall–Kier alpha value is -6.05. The van der Waals surface area contributed by atoms with Gasteiger partial charge in [-0.3, -0.25) is 4.68 Å². The van der Waals surface area contributed by atoms with E-state index in [4.69, 9.17) is 32.7 Å². The number of aryl methyl sites for hydroxylation is 1. The zero-order valence-electron chi connectivity index (χ0n) is 32.3. The van der Waals surface area contributed by atoms with E-state index >= 15 is 0 Å². The fourth-order valence-corrected chi connectivity index (χ4v) is 8.31. The van der Waals surface area contributed by atoms with Gasteiger partial charge in [-0.2, -0.15) is 5.10 Å². The number of hydrogen-bond acceptors (Lipinski definition) is 5. The molecular weight excluding hydrogens is 829 g/mol. The van der Waals surface area contributed by atoms with Crippen molar-refractivity contribution in [2.24, 2.45) is 0 Å². The van der Waals surface area contributed by atoms with Gasteiger partial charge in [0, 0.05) is 94.7 Å². The summed E-state index contributed by atoms with van der Waals surface area (Å²) in [5.74, 6) is 0.871. The number of rotatable bonds is 9. The van der Waals surface area contributed by atoms with Gasteiger partial charge in [0.15, 0.2) is 11.5 Å². The first-order chi connectivity index (χ1) is 28.7. The van der Waals surface area contributed by atoms with E-state index < -0.39 is 0 Å². The molecule has 4 N–H and O–H groups in total. The summed E-state index contributed by atoms with van der Waals surface area (Å²) < 4.78 is 42.1. The average Bonchev–Trinajstić information content (AvgIpc) is 4.06. The molecule has 0 saturated carbocycles. The number of likely N-dealkylation sites (N-methyl/N-ethyl adjacent to an activating group) is 1. The van der Waals surface area contributed by atoms with E-state index in [9.17, 15) is 8.78 Å². The SMILES string of the molecule is CN(C)CCOc1c2[nH]c3ccc(F)cc3c2cc2c1[nH]c1ccc(F)cc12.Cl.Clc1ccc2[nH]c3c(OCCCn4cncn4)c4[nH]c5ccc(Cl)cc5c4cc3c2c1. The number of aromatic amines is 4. The van der Waals surface area contributed by atoms with Crippen LogP contribution in [0.3, 0.4) is 0 Å². The minimum atomic E-state index is -0.298. The molecule has 6 aromatic carbocycles. The quantitative estimate of drug-likeness (QED) is 0.108. The van der Waals surface area contributed by atoms with Crippen molar-refractivity contribution < 1.29 is 18.3 Å². The van der Waals surface area contributed by atoms with Crippen molar-refractivity contribution in [3.8, 4) is 11.5 Å². The summed E-state index contributed by atoms with van der Waals surface area (Å²) in [5.41, 5.74) is 7.20. The minimum absolute atomic E-state index is 0. The number of nitrogens with zero attached hydrogens (tertiary/aromatic N) is 4. The number of benzene rings is 6. The van der Waals surface area contributed by atoms with Gasteiger partial charge in [-0.25, -0.2) is 13.8 Å². The van der Waals surface area contributed by atoms with E-state index in [0.29, 0.717) is 29.0 Å². The molecule has 10 nitrogen and oxygen atoms in total. The van der Waals surface area contributed by atoms with Crippen molar-refractivity contribution in [2.75, 3.05) is 33.9 Å². The highest BCUT2D eigenvalue weighted by Gasteiger charge is 2.20. The topological polar surface area (TPSA) is 116 Å². The fraction of sp³-hybridized carbons (Fsp3) is 0.156. The number of nitrogens with one attached hydrogen (secondary N) is 4. The number of aromatic nitrogens is 7. The Morgan fingerprint density at radius 2 is 1.02 bits per heavy atom. The van der Waals surface area contributed by atoms with Crippen molar-refractivity contribution in [2.45, 2.75) is 13.0 Å². The van der Waals surface area contributed by atoms with Crippen LogP contribution >= 0.6 is 35.6 Å². The van der Waals surface area contributed by atoms with Gasteiger partial charge in [-0.1, -0.05) is 23.2 Å². The predicted molar refractivity (Wildman–Crippen MR) is 242 cm³/mol. The molecule has 5 aromatic heterocycles. The van der Waals surface area contributed by atoms with Crippen LogP contribution in [0.2, 0.25) is 10.0 Å². The molecule has 0 unspecified atom stereocenters. The molecule has 0 aliphatic rings. The van der Waals surface area contributed by atoms with Crippen LogP contribution in [0.5, 0.6) is 11.5 Å². The maximum absolute atomic E-state index is 13.9. The molecule has 0 spiro atoms. The van der Waals surface area contributed by atoms with Crippen molar-refractivity contribution in [1.82, 2.24) is 39.6 Å². The summed E-state index contributed by atoms with van der Waals surface area (Å²) >= 11 is 12.6. The van der Waals surface area contributed by atoms with Crippen molar-refractivity contribution in [3.63, 3.8) is 0 Å². The van der Waals surface area contributed by atoms with Crippen LogP contribution < -0.4 is 9.47 Å². The van der Waals surface area contributed by atoms with E-state index in [-0.39, 0.29) is 24.0 Å². The molecule has 60 heavy (non-hydrogen) atoms. The maximum atomic E-state index is 13.9. The summed E-state index contributed by atoms with van der Waals surface area (Å²) in [6.45, 7) is 2.53. The van der Waals surface area contributed by atoms with E-state index in [2.05, 4.69) is 36.1 Å². The van der Waals surface area contributed by atoms with Gasteiger partial charge in [0.2, 0.25) is 0 Å². The first kappa shape index (κ1) is 39.4.